The highest BCUT2D eigenvalue weighted by Crippen LogP contribution is 2.37. The molecule has 0 unspecified atom stereocenters. The first-order valence-corrected chi connectivity index (χ1v) is 11.6. The molecule has 0 radical (unpaired) electrons. The normalized spacial score (nSPS) is 15.6. The van der Waals surface area contributed by atoms with Crippen molar-refractivity contribution in [3.8, 4) is 0 Å². The lowest BCUT2D eigenvalue weighted by molar-refractivity contribution is -0.383. The van der Waals surface area contributed by atoms with Gasteiger partial charge in [0.15, 0.2) is 14.8 Å². The van der Waals surface area contributed by atoms with Gasteiger partial charge in [0.2, 0.25) is 0 Å². The summed E-state index contributed by atoms with van der Waals surface area (Å²) in [6.45, 7) is 3.46. The van der Waals surface area contributed by atoms with Crippen molar-refractivity contribution in [1.82, 2.24) is 4.90 Å². The third-order valence-corrected chi connectivity index (χ3v) is 7.54. The Bertz CT molecular complexity index is 918. The Morgan fingerprint density at radius 3 is 2.48 bits per heavy atom. The molecule has 27 heavy (non-hydrogen) atoms. The molecule has 1 aromatic carbocycles. The average molecular weight is 410 g/mol. The minimum Gasteiger partial charge on any atom is -0.367 e. The largest absolute Gasteiger partial charge is 0.367 e. The Morgan fingerprint density at radius 2 is 1.85 bits per heavy atom. The molecular weight excluding hydrogens is 386 g/mol. The van der Waals surface area contributed by atoms with Gasteiger partial charge in [-0.15, -0.1) is 0 Å². The number of benzene rings is 1. The summed E-state index contributed by atoms with van der Waals surface area (Å²) in [5.41, 5.74) is 2.05. The number of nitrogens with zero attached hydrogens (tertiary/aromatic N) is 2. The number of thiophene rings is 1. The number of anilines is 1. The fourth-order valence-electron chi connectivity index (χ4n) is 3.22. The molecule has 1 N–H and O–H groups in total. The number of nitrogens with one attached hydrogen (secondary N) is 1. The van der Waals surface area contributed by atoms with Crippen molar-refractivity contribution in [3.05, 3.63) is 51.6 Å². The second-order valence-corrected chi connectivity index (χ2v) is 10.1. The third kappa shape index (κ3) is 5.06. The van der Waals surface area contributed by atoms with Gasteiger partial charge in [0.1, 0.15) is 4.21 Å². The van der Waals surface area contributed by atoms with Crippen LogP contribution in [-0.4, -0.2) is 37.6 Å². The highest BCUT2D eigenvalue weighted by atomic mass is 32.2. The summed E-state index contributed by atoms with van der Waals surface area (Å²) in [5, 5.41) is 14.6. The highest BCUT2D eigenvalue weighted by molar-refractivity contribution is 7.92. The van der Waals surface area contributed by atoms with Crippen molar-refractivity contribution in [2.75, 3.05) is 24.7 Å². The molecule has 146 valence electrons. The van der Waals surface area contributed by atoms with Crippen LogP contribution in [0.5, 0.6) is 0 Å². The number of likely N-dealkylation sites (tertiary alicyclic amines) is 1. The van der Waals surface area contributed by atoms with Crippen LogP contribution in [0.1, 0.15) is 30.4 Å². The lowest BCUT2D eigenvalue weighted by atomic mass is 10.0. The van der Waals surface area contributed by atoms with E-state index in [-0.39, 0.29) is 14.9 Å². The zero-order valence-corrected chi connectivity index (χ0v) is 16.8. The third-order valence-electron chi connectivity index (χ3n) is 4.65. The maximum atomic E-state index is 11.7. The molecular formula is C18H23N3O4S2. The van der Waals surface area contributed by atoms with E-state index in [0.717, 1.165) is 48.9 Å². The Morgan fingerprint density at radius 1 is 1.19 bits per heavy atom. The molecule has 9 heteroatoms. The van der Waals surface area contributed by atoms with Gasteiger partial charge < -0.3 is 5.32 Å². The first kappa shape index (κ1) is 19.8. The van der Waals surface area contributed by atoms with Crippen LogP contribution in [0.3, 0.4) is 0 Å². The van der Waals surface area contributed by atoms with Gasteiger partial charge in [0.25, 0.3) is 0 Å². The van der Waals surface area contributed by atoms with Crippen LogP contribution < -0.4 is 5.32 Å². The number of piperidine rings is 1. The Hall–Kier alpha value is -1.97. The summed E-state index contributed by atoms with van der Waals surface area (Å²) in [5.74, 6) is 0. The predicted molar refractivity (Wildman–Crippen MR) is 107 cm³/mol. The van der Waals surface area contributed by atoms with Crippen LogP contribution in [0.15, 0.2) is 34.5 Å². The van der Waals surface area contributed by atoms with E-state index in [1.54, 1.807) is 0 Å². The number of sulfone groups is 1. The molecule has 3 rings (SSSR count). The SMILES string of the molecule is CS(=O)(=O)c1cc([N+](=O)[O-])c(NCc2ccccc2CN2CCCCC2)s1. The number of hydrogen-bond donors (Lipinski definition) is 1. The quantitative estimate of drug-likeness (QED) is 0.554. The molecule has 1 aliphatic heterocycles. The van der Waals surface area contributed by atoms with E-state index in [9.17, 15) is 18.5 Å². The van der Waals surface area contributed by atoms with E-state index >= 15 is 0 Å². The summed E-state index contributed by atoms with van der Waals surface area (Å²) in [4.78, 5) is 13.2. The summed E-state index contributed by atoms with van der Waals surface area (Å²) >= 11 is 0.904. The topological polar surface area (TPSA) is 92.5 Å². The van der Waals surface area contributed by atoms with E-state index < -0.39 is 14.8 Å². The second kappa shape index (κ2) is 8.37. The molecule has 2 heterocycles. The second-order valence-electron chi connectivity index (χ2n) is 6.77. The van der Waals surface area contributed by atoms with E-state index in [1.807, 2.05) is 18.2 Å². The first-order valence-electron chi connectivity index (χ1n) is 8.86. The molecule has 0 atom stereocenters. The van der Waals surface area contributed by atoms with Gasteiger partial charge in [-0.3, -0.25) is 15.0 Å². The van der Waals surface area contributed by atoms with Crippen LogP contribution in [-0.2, 0) is 22.9 Å². The lowest BCUT2D eigenvalue weighted by Crippen LogP contribution is -2.29. The summed E-state index contributed by atoms with van der Waals surface area (Å²) in [6, 6.07) is 9.15. The molecule has 0 aliphatic carbocycles. The summed E-state index contributed by atoms with van der Waals surface area (Å²) < 4.78 is 23.4. The Labute approximate surface area is 163 Å². The Balaban J connectivity index is 1.77. The molecule has 1 fully saturated rings. The van der Waals surface area contributed by atoms with Gasteiger partial charge in [-0.05, 0) is 37.1 Å². The van der Waals surface area contributed by atoms with Crippen LogP contribution >= 0.6 is 11.3 Å². The zero-order valence-electron chi connectivity index (χ0n) is 15.2. The van der Waals surface area contributed by atoms with E-state index in [1.165, 1.54) is 24.8 Å². The molecule has 0 spiro atoms. The van der Waals surface area contributed by atoms with Crippen LogP contribution in [0.4, 0.5) is 10.7 Å². The van der Waals surface area contributed by atoms with Crippen molar-refractivity contribution in [2.24, 2.45) is 0 Å². The minimum atomic E-state index is -3.48. The molecule has 7 nitrogen and oxygen atoms in total. The number of nitro groups is 1. The van der Waals surface area contributed by atoms with Crippen molar-refractivity contribution in [3.63, 3.8) is 0 Å². The van der Waals surface area contributed by atoms with Crippen molar-refractivity contribution in [2.45, 2.75) is 36.6 Å². The molecule has 0 bridgehead atoms. The van der Waals surface area contributed by atoms with Gasteiger partial charge in [0, 0.05) is 25.4 Å². The predicted octanol–water partition coefficient (Wildman–Crippen LogP) is 3.66. The number of hydrogen-bond acceptors (Lipinski definition) is 7. The monoisotopic (exact) mass is 409 g/mol. The molecule has 0 amide bonds. The van der Waals surface area contributed by atoms with Crippen LogP contribution in [0, 0.1) is 10.1 Å². The first-order chi connectivity index (χ1) is 12.8. The molecule has 0 saturated carbocycles. The van der Waals surface area contributed by atoms with Crippen LogP contribution in [0.2, 0.25) is 0 Å². The van der Waals surface area contributed by atoms with Crippen LogP contribution in [0.25, 0.3) is 0 Å². The van der Waals surface area contributed by atoms with Gasteiger partial charge in [-0.1, -0.05) is 42.0 Å². The average Bonchev–Trinajstić information content (AvgIpc) is 3.07. The van der Waals surface area contributed by atoms with Crippen molar-refractivity contribution >= 4 is 31.9 Å². The number of rotatable bonds is 7. The maximum absolute atomic E-state index is 11.7. The van der Waals surface area contributed by atoms with Gasteiger partial charge in [0.05, 0.1) is 4.92 Å². The smallest absolute Gasteiger partial charge is 0.304 e. The molecule has 1 aliphatic rings. The van der Waals surface area contributed by atoms with Gasteiger partial charge in [-0.2, -0.15) is 0 Å². The van der Waals surface area contributed by atoms with Crippen molar-refractivity contribution < 1.29 is 13.3 Å². The Kier molecular flexibility index (Phi) is 6.13. The van der Waals surface area contributed by atoms with Crippen molar-refractivity contribution in [1.29, 1.82) is 0 Å². The summed E-state index contributed by atoms with van der Waals surface area (Å²) in [6.07, 6.45) is 4.77. The fourth-order valence-corrected chi connectivity index (χ4v) is 5.16. The van der Waals surface area contributed by atoms with Gasteiger partial charge in [-0.25, -0.2) is 8.42 Å². The standard InChI is InChI=1S/C18H23N3O4S2/c1-27(24,25)17-11-16(21(22)23)18(26-17)19-12-14-7-3-4-8-15(14)13-20-9-5-2-6-10-20/h3-4,7-8,11,19H,2,5-6,9-10,12-13H2,1H3. The van der Waals surface area contributed by atoms with Gasteiger partial charge >= 0.3 is 5.69 Å². The maximum Gasteiger partial charge on any atom is 0.304 e. The summed E-state index contributed by atoms with van der Waals surface area (Å²) in [7, 11) is -3.48. The fraction of sp³-hybridized carbons (Fsp3) is 0.444. The lowest BCUT2D eigenvalue weighted by Gasteiger charge is -2.27. The van der Waals surface area contributed by atoms with E-state index in [2.05, 4.69) is 16.3 Å². The molecule has 1 aromatic heterocycles. The van der Waals surface area contributed by atoms with E-state index in [4.69, 9.17) is 0 Å². The minimum absolute atomic E-state index is 0.00157. The molecule has 1 saturated heterocycles. The highest BCUT2D eigenvalue weighted by Gasteiger charge is 2.23. The zero-order chi connectivity index (χ0) is 19.4. The molecule has 2 aromatic rings. The van der Waals surface area contributed by atoms with E-state index in [0.29, 0.717) is 6.54 Å².